The second-order valence-electron chi connectivity index (χ2n) is 3.98. The van der Waals surface area contributed by atoms with E-state index < -0.39 is 0 Å². The zero-order valence-electron chi connectivity index (χ0n) is 9.95. The summed E-state index contributed by atoms with van der Waals surface area (Å²) in [5.74, 6) is 0.225. The second kappa shape index (κ2) is 8.68. The van der Waals surface area contributed by atoms with Crippen LogP contribution in [0.25, 0.3) is 0 Å². The van der Waals surface area contributed by atoms with E-state index in [1.54, 1.807) is 0 Å². The average molecular weight is 217 g/mol. The van der Waals surface area contributed by atoms with Gasteiger partial charge in [-0.25, -0.2) is 0 Å². The van der Waals surface area contributed by atoms with E-state index in [0.29, 0.717) is 18.9 Å². The van der Waals surface area contributed by atoms with E-state index in [1.807, 2.05) is 20.8 Å². The quantitative estimate of drug-likeness (QED) is 0.595. The van der Waals surface area contributed by atoms with Gasteiger partial charge < -0.3 is 15.2 Å². The molecule has 0 aromatic carbocycles. The van der Waals surface area contributed by atoms with Gasteiger partial charge in [-0.3, -0.25) is 4.79 Å². The third-order valence-electron chi connectivity index (χ3n) is 2.17. The Hall–Kier alpha value is -0.610. The monoisotopic (exact) mass is 217 g/mol. The molecule has 0 aliphatic carbocycles. The summed E-state index contributed by atoms with van der Waals surface area (Å²) in [4.78, 5) is 11.4. The van der Waals surface area contributed by atoms with Crippen LogP contribution in [0.2, 0.25) is 0 Å². The van der Waals surface area contributed by atoms with Gasteiger partial charge in [-0.1, -0.05) is 20.8 Å². The molecule has 0 aliphatic rings. The van der Waals surface area contributed by atoms with Crippen molar-refractivity contribution in [3.8, 4) is 0 Å². The van der Waals surface area contributed by atoms with Crippen LogP contribution in [0.3, 0.4) is 0 Å². The largest absolute Gasteiger partial charge is 0.396 e. The lowest BCUT2D eigenvalue weighted by Gasteiger charge is -2.21. The number of carbonyl (C=O) groups is 1. The van der Waals surface area contributed by atoms with E-state index in [0.717, 1.165) is 6.42 Å². The molecule has 1 unspecified atom stereocenters. The number of aliphatic hydroxyl groups excluding tert-OH is 1. The van der Waals surface area contributed by atoms with Crippen LogP contribution < -0.4 is 5.32 Å². The smallest absolute Gasteiger partial charge is 0.246 e. The fourth-order valence-corrected chi connectivity index (χ4v) is 1.27. The fraction of sp³-hybridized carbons (Fsp3) is 0.909. The summed E-state index contributed by atoms with van der Waals surface area (Å²) in [6, 6.07) is 0.0349. The Balaban J connectivity index is 3.78. The topological polar surface area (TPSA) is 58.6 Å². The van der Waals surface area contributed by atoms with Crippen LogP contribution in [0.15, 0.2) is 0 Å². The van der Waals surface area contributed by atoms with Gasteiger partial charge in [0.2, 0.25) is 5.91 Å². The van der Waals surface area contributed by atoms with E-state index in [9.17, 15) is 4.79 Å². The van der Waals surface area contributed by atoms with Crippen molar-refractivity contribution < 1.29 is 14.6 Å². The minimum absolute atomic E-state index is 0.0349. The van der Waals surface area contributed by atoms with E-state index in [4.69, 9.17) is 9.84 Å². The molecule has 0 saturated heterocycles. The van der Waals surface area contributed by atoms with Crippen LogP contribution in [-0.4, -0.2) is 36.9 Å². The highest BCUT2D eigenvalue weighted by atomic mass is 16.5. The van der Waals surface area contributed by atoms with Crippen LogP contribution in [-0.2, 0) is 9.53 Å². The Morgan fingerprint density at radius 3 is 2.60 bits per heavy atom. The highest BCUT2D eigenvalue weighted by Crippen LogP contribution is 2.05. The van der Waals surface area contributed by atoms with Crippen LogP contribution in [0.1, 0.15) is 33.6 Å². The molecule has 1 amide bonds. The van der Waals surface area contributed by atoms with Gasteiger partial charge in [-0.15, -0.1) is 0 Å². The fourth-order valence-electron chi connectivity index (χ4n) is 1.27. The maximum atomic E-state index is 11.4. The standard InChI is InChI=1S/C11H23NO3/c1-4-7-15-8-11(14)12-10(5-6-13)9(2)3/h9-10,13H,4-8H2,1-3H3,(H,12,14). The third-order valence-corrected chi connectivity index (χ3v) is 2.17. The molecule has 4 nitrogen and oxygen atoms in total. The normalized spacial score (nSPS) is 12.9. The van der Waals surface area contributed by atoms with Crippen molar-refractivity contribution in [2.24, 2.45) is 5.92 Å². The number of nitrogens with one attached hydrogen (secondary N) is 1. The first kappa shape index (κ1) is 14.4. The van der Waals surface area contributed by atoms with Crippen LogP contribution in [0, 0.1) is 5.92 Å². The molecule has 0 spiro atoms. The van der Waals surface area contributed by atoms with Gasteiger partial charge >= 0.3 is 0 Å². The molecular weight excluding hydrogens is 194 g/mol. The Morgan fingerprint density at radius 2 is 2.13 bits per heavy atom. The molecule has 0 fully saturated rings. The van der Waals surface area contributed by atoms with Gasteiger partial charge in [-0.2, -0.15) is 0 Å². The van der Waals surface area contributed by atoms with E-state index >= 15 is 0 Å². The Morgan fingerprint density at radius 1 is 1.47 bits per heavy atom. The van der Waals surface area contributed by atoms with Crippen molar-refractivity contribution in [2.75, 3.05) is 19.8 Å². The molecule has 2 N–H and O–H groups in total. The summed E-state index contributed by atoms with van der Waals surface area (Å²) >= 11 is 0. The lowest BCUT2D eigenvalue weighted by atomic mass is 10.0. The summed E-state index contributed by atoms with van der Waals surface area (Å²) in [6.07, 6.45) is 1.51. The Labute approximate surface area is 92.0 Å². The maximum Gasteiger partial charge on any atom is 0.246 e. The van der Waals surface area contributed by atoms with Crippen molar-refractivity contribution in [1.29, 1.82) is 0 Å². The van der Waals surface area contributed by atoms with Gasteiger partial charge in [0.15, 0.2) is 0 Å². The van der Waals surface area contributed by atoms with Gasteiger partial charge in [0.1, 0.15) is 6.61 Å². The summed E-state index contributed by atoms with van der Waals surface area (Å²) < 4.78 is 5.13. The van der Waals surface area contributed by atoms with Gasteiger partial charge in [0.25, 0.3) is 0 Å². The number of hydrogen-bond donors (Lipinski definition) is 2. The number of aliphatic hydroxyl groups is 1. The number of hydrogen-bond acceptors (Lipinski definition) is 3. The van der Waals surface area contributed by atoms with E-state index in [1.165, 1.54) is 0 Å². The predicted molar refractivity (Wildman–Crippen MR) is 59.6 cm³/mol. The van der Waals surface area contributed by atoms with E-state index in [-0.39, 0.29) is 25.2 Å². The number of amides is 1. The lowest BCUT2D eigenvalue weighted by Crippen LogP contribution is -2.41. The zero-order chi connectivity index (χ0) is 11.7. The summed E-state index contributed by atoms with van der Waals surface area (Å²) in [7, 11) is 0. The maximum absolute atomic E-state index is 11.4. The number of carbonyl (C=O) groups excluding carboxylic acids is 1. The lowest BCUT2D eigenvalue weighted by molar-refractivity contribution is -0.126. The van der Waals surface area contributed by atoms with Crippen LogP contribution in [0.5, 0.6) is 0 Å². The van der Waals surface area contributed by atoms with Crippen molar-refractivity contribution in [3.05, 3.63) is 0 Å². The SMILES string of the molecule is CCCOCC(=O)NC(CCO)C(C)C. The minimum Gasteiger partial charge on any atom is -0.396 e. The minimum atomic E-state index is -0.101. The first-order valence-electron chi connectivity index (χ1n) is 5.59. The predicted octanol–water partition coefficient (Wildman–Crippen LogP) is 0.936. The van der Waals surface area contributed by atoms with E-state index in [2.05, 4.69) is 5.32 Å². The first-order chi connectivity index (χ1) is 7.11. The molecule has 0 aromatic heterocycles. The number of rotatable bonds is 8. The number of ether oxygens (including phenoxy) is 1. The molecule has 90 valence electrons. The molecule has 0 rings (SSSR count). The molecule has 0 aromatic rings. The van der Waals surface area contributed by atoms with Gasteiger partial charge in [0.05, 0.1) is 0 Å². The first-order valence-corrected chi connectivity index (χ1v) is 5.59. The molecule has 0 radical (unpaired) electrons. The molecule has 4 heteroatoms. The van der Waals surface area contributed by atoms with Crippen molar-refractivity contribution in [3.63, 3.8) is 0 Å². The molecule has 1 atom stereocenters. The molecule has 0 heterocycles. The zero-order valence-corrected chi connectivity index (χ0v) is 9.95. The Kier molecular flexibility index (Phi) is 8.33. The summed E-state index contributed by atoms with van der Waals surface area (Å²) in [5.41, 5.74) is 0. The average Bonchev–Trinajstić information content (AvgIpc) is 2.17. The highest BCUT2D eigenvalue weighted by Gasteiger charge is 2.15. The molecule has 0 aliphatic heterocycles. The Bertz CT molecular complexity index is 171. The van der Waals surface area contributed by atoms with Crippen LogP contribution >= 0.6 is 0 Å². The van der Waals surface area contributed by atoms with Crippen LogP contribution in [0.4, 0.5) is 0 Å². The van der Waals surface area contributed by atoms with Gasteiger partial charge in [-0.05, 0) is 18.8 Å². The molecule has 15 heavy (non-hydrogen) atoms. The summed E-state index contributed by atoms with van der Waals surface area (Å²) in [6.45, 7) is 6.86. The summed E-state index contributed by atoms with van der Waals surface area (Å²) in [5, 5.41) is 11.7. The molecule has 0 saturated carbocycles. The van der Waals surface area contributed by atoms with Crippen molar-refractivity contribution in [2.45, 2.75) is 39.7 Å². The van der Waals surface area contributed by atoms with Gasteiger partial charge in [0, 0.05) is 19.3 Å². The van der Waals surface area contributed by atoms with Crippen molar-refractivity contribution in [1.82, 2.24) is 5.32 Å². The molecule has 0 bridgehead atoms. The molecular formula is C11H23NO3. The third kappa shape index (κ3) is 7.33. The highest BCUT2D eigenvalue weighted by molar-refractivity contribution is 5.77. The second-order valence-corrected chi connectivity index (χ2v) is 3.98. The van der Waals surface area contributed by atoms with Crippen molar-refractivity contribution >= 4 is 5.91 Å².